The average molecular weight is 331 g/mol. The Morgan fingerprint density at radius 1 is 1.04 bits per heavy atom. The van der Waals surface area contributed by atoms with Gasteiger partial charge in [-0.25, -0.2) is 8.78 Å². The number of carbonyl (C=O) groups is 2. The number of nitrogens with zero attached hydrogens (tertiary/aromatic N) is 1. The Hall–Kier alpha value is -3.47. The monoisotopic (exact) mass is 331 g/mol. The van der Waals surface area contributed by atoms with Crippen LogP contribution in [-0.2, 0) is 4.79 Å². The molecule has 24 heavy (non-hydrogen) atoms. The lowest BCUT2D eigenvalue weighted by atomic mass is 10.2. The zero-order chi connectivity index (χ0) is 17.5. The van der Waals surface area contributed by atoms with Crippen molar-refractivity contribution in [3.05, 3.63) is 65.2 Å². The van der Waals surface area contributed by atoms with E-state index in [0.717, 1.165) is 12.1 Å². The van der Waals surface area contributed by atoms with Gasteiger partial charge < -0.3 is 4.74 Å². The SMILES string of the molecule is N#Cc1ccc(OCC(=O)NNC(=O)c2cc(F)cc(F)c2)cc1. The maximum Gasteiger partial charge on any atom is 0.276 e. The summed E-state index contributed by atoms with van der Waals surface area (Å²) in [7, 11) is 0. The Morgan fingerprint density at radius 3 is 2.25 bits per heavy atom. The van der Waals surface area contributed by atoms with Gasteiger partial charge >= 0.3 is 0 Å². The lowest BCUT2D eigenvalue weighted by molar-refractivity contribution is -0.123. The fourth-order valence-corrected chi connectivity index (χ4v) is 1.69. The molecule has 0 heterocycles. The van der Waals surface area contributed by atoms with Crippen LogP contribution in [0.1, 0.15) is 15.9 Å². The smallest absolute Gasteiger partial charge is 0.276 e. The first-order valence-corrected chi connectivity index (χ1v) is 6.66. The molecule has 6 nitrogen and oxygen atoms in total. The summed E-state index contributed by atoms with van der Waals surface area (Å²) in [4.78, 5) is 23.2. The minimum absolute atomic E-state index is 0.277. The highest BCUT2D eigenvalue weighted by atomic mass is 19.1. The van der Waals surface area contributed by atoms with Gasteiger partial charge in [0, 0.05) is 11.6 Å². The number of halogens is 2. The predicted octanol–water partition coefficient (Wildman–Crippen LogP) is 1.68. The van der Waals surface area contributed by atoms with Crippen LogP contribution in [0.3, 0.4) is 0 Å². The summed E-state index contributed by atoms with van der Waals surface area (Å²) in [6, 6.07) is 10.3. The van der Waals surface area contributed by atoms with E-state index < -0.39 is 30.1 Å². The highest BCUT2D eigenvalue weighted by Crippen LogP contribution is 2.11. The van der Waals surface area contributed by atoms with Gasteiger partial charge in [0.2, 0.25) is 0 Å². The van der Waals surface area contributed by atoms with Gasteiger partial charge in [-0.3, -0.25) is 20.4 Å². The van der Waals surface area contributed by atoms with E-state index >= 15 is 0 Å². The Labute approximate surface area is 135 Å². The number of nitriles is 1. The Morgan fingerprint density at radius 2 is 1.67 bits per heavy atom. The summed E-state index contributed by atoms with van der Waals surface area (Å²) in [5.74, 6) is -3.00. The summed E-state index contributed by atoms with van der Waals surface area (Å²) in [6.45, 7) is -0.399. The molecule has 0 radical (unpaired) electrons. The molecule has 0 atom stereocenters. The fourth-order valence-electron chi connectivity index (χ4n) is 1.69. The molecule has 2 N–H and O–H groups in total. The van der Waals surface area contributed by atoms with Crippen molar-refractivity contribution in [3.63, 3.8) is 0 Å². The molecule has 2 aromatic carbocycles. The second-order valence-electron chi connectivity index (χ2n) is 4.59. The molecular weight excluding hydrogens is 320 g/mol. The molecule has 2 rings (SSSR count). The van der Waals surface area contributed by atoms with Crippen LogP contribution in [0, 0.1) is 23.0 Å². The molecule has 0 aromatic heterocycles. The van der Waals surface area contributed by atoms with Crippen LogP contribution >= 0.6 is 0 Å². The van der Waals surface area contributed by atoms with Gasteiger partial charge in [0.05, 0.1) is 11.6 Å². The van der Waals surface area contributed by atoms with Crippen molar-refractivity contribution < 1.29 is 23.1 Å². The second kappa shape index (κ2) is 7.69. The van der Waals surface area contributed by atoms with Crippen molar-refractivity contribution in [1.29, 1.82) is 5.26 Å². The van der Waals surface area contributed by atoms with Crippen molar-refractivity contribution in [2.45, 2.75) is 0 Å². The van der Waals surface area contributed by atoms with Crippen LogP contribution in [0.2, 0.25) is 0 Å². The Kier molecular flexibility index (Phi) is 5.41. The number of nitrogens with one attached hydrogen (secondary N) is 2. The van der Waals surface area contributed by atoms with Crippen LogP contribution in [0.15, 0.2) is 42.5 Å². The molecule has 8 heteroatoms. The molecule has 0 spiro atoms. The average Bonchev–Trinajstić information content (AvgIpc) is 2.57. The number of amides is 2. The minimum Gasteiger partial charge on any atom is -0.484 e. The molecule has 2 aromatic rings. The van der Waals surface area contributed by atoms with Gasteiger partial charge in [-0.15, -0.1) is 0 Å². The predicted molar refractivity (Wildman–Crippen MR) is 78.6 cm³/mol. The Balaban J connectivity index is 1.82. The van der Waals surface area contributed by atoms with Crippen LogP contribution in [0.4, 0.5) is 8.78 Å². The van der Waals surface area contributed by atoms with Crippen molar-refractivity contribution in [1.82, 2.24) is 10.9 Å². The van der Waals surface area contributed by atoms with E-state index in [4.69, 9.17) is 10.00 Å². The molecule has 0 aliphatic rings. The maximum absolute atomic E-state index is 13.0. The zero-order valence-corrected chi connectivity index (χ0v) is 12.2. The lowest BCUT2D eigenvalue weighted by Gasteiger charge is -2.09. The van der Waals surface area contributed by atoms with E-state index in [9.17, 15) is 18.4 Å². The third-order valence-electron chi connectivity index (χ3n) is 2.79. The third kappa shape index (κ3) is 4.78. The van der Waals surface area contributed by atoms with Crippen molar-refractivity contribution in [2.75, 3.05) is 6.61 Å². The zero-order valence-electron chi connectivity index (χ0n) is 12.2. The van der Waals surface area contributed by atoms with Crippen molar-refractivity contribution >= 4 is 11.8 Å². The number of hydrogen-bond donors (Lipinski definition) is 2. The molecule has 0 fully saturated rings. The first-order chi connectivity index (χ1) is 11.5. The summed E-state index contributed by atoms with van der Waals surface area (Å²) in [6.07, 6.45) is 0. The standard InChI is InChI=1S/C16H11F2N3O3/c17-12-5-11(6-13(18)7-12)16(23)21-20-15(22)9-24-14-3-1-10(8-19)2-4-14/h1-7H,9H2,(H,20,22)(H,21,23). The number of benzene rings is 2. The molecule has 0 saturated carbocycles. The summed E-state index contributed by atoms with van der Waals surface area (Å²) < 4.78 is 31.2. The number of carbonyl (C=O) groups excluding carboxylic acids is 2. The maximum atomic E-state index is 13.0. The summed E-state index contributed by atoms with van der Waals surface area (Å²) in [5.41, 5.74) is 4.23. The Bertz CT molecular complexity index is 781. The molecule has 0 bridgehead atoms. The number of ether oxygens (including phenoxy) is 1. The molecular formula is C16H11F2N3O3. The van der Waals surface area contributed by atoms with E-state index in [2.05, 4.69) is 5.43 Å². The summed E-state index contributed by atoms with van der Waals surface area (Å²) >= 11 is 0. The van der Waals surface area contributed by atoms with Gasteiger partial charge in [-0.2, -0.15) is 5.26 Å². The largest absolute Gasteiger partial charge is 0.484 e. The molecule has 0 saturated heterocycles. The molecule has 0 aliphatic heterocycles. The van der Waals surface area contributed by atoms with Gasteiger partial charge in [-0.05, 0) is 36.4 Å². The van der Waals surface area contributed by atoms with E-state index in [0.29, 0.717) is 17.4 Å². The van der Waals surface area contributed by atoms with Gasteiger partial charge in [-0.1, -0.05) is 0 Å². The second-order valence-corrected chi connectivity index (χ2v) is 4.59. The van der Waals surface area contributed by atoms with Gasteiger partial charge in [0.1, 0.15) is 17.4 Å². The fraction of sp³-hybridized carbons (Fsp3) is 0.0625. The topological polar surface area (TPSA) is 91.2 Å². The van der Waals surface area contributed by atoms with Crippen LogP contribution in [0.5, 0.6) is 5.75 Å². The normalized spacial score (nSPS) is 9.71. The lowest BCUT2D eigenvalue weighted by Crippen LogP contribution is -2.43. The quantitative estimate of drug-likeness (QED) is 0.834. The highest BCUT2D eigenvalue weighted by molar-refractivity contribution is 5.95. The van der Waals surface area contributed by atoms with Crippen LogP contribution in [0.25, 0.3) is 0 Å². The van der Waals surface area contributed by atoms with Crippen LogP contribution in [-0.4, -0.2) is 18.4 Å². The highest BCUT2D eigenvalue weighted by Gasteiger charge is 2.10. The number of rotatable bonds is 4. The summed E-state index contributed by atoms with van der Waals surface area (Å²) in [5, 5.41) is 8.65. The molecule has 0 unspecified atom stereocenters. The third-order valence-corrected chi connectivity index (χ3v) is 2.79. The van der Waals surface area contributed by atoms with Gasteiger partial charge in [0.15, 0.2) is 6.61 Å². The molecule has 122 valence electrons. The van der Waals surface area contributed by atoms with E-state index in [1.807, 2.05) is 11.5 Å². The number of hydrazine groups is 1. The first kappa shape index (κ1) is 16.9. The number of hydrogen-bond acceptors (Lipinski definition) is 4. The molecule has 2 amide bonds. The van der Waals surface area contributed by atoms with E-state index in [-0.39, 0.29) is 5.56 Å². The van der Waals surface area contributed by atoms with E-state index in [1.165, 1.54) is 24.3 Å². The molecule has 0 aliphatic carbocycles. The first-order valence-electron chi connectivity index (χ1n) is 6.66. The van der Waals surface area contributed by atoms with E-state index in [1.54, 1.807) is 0 Å². The van der Waals surface area contributed by atoms with Gasteiger partial charge in [0.25, 0.3) is 11.8 Å². The van der Waals surface area contributed by atoms with Crippen molar-refractivity contribution in [3.8, 4) is 11.8 Å². The van der Waals surface area contributed by atoms with Crippen molar-refractivity contribution in [2.24, 2.45) is 0 Å². The minimum atomic E-state index is -0.907. The van der Waals surface area contributed by atoms with Crippen LogP contribution < -0.4 is 15.6 Å².